The van der Waals surface area contributed by atoms with Gasteiger partial charge in [-0.05, 0) is 50.7 Å². The summed E-state index contributed by atoms with van der Waals surface area (Å²) in [6.07, 6.45) is 9.18. The number of nitrogens with zero attached hydrogens (tertiary/aromatic N) is 2. The first kappa shape index (κ1) is 23.6. The SMILES string of the molecule is CCCNC(=O)CN1CCC(NC(=NCC2CCCCO2)NCCc2ccco2)CC1. The molecule has 8 heteroatoms. The summed E-state index contributed by atoms with van der Waals surface area (Å²) in [5.41, 5.74) is 0. The van der Waals surface area contributed by atoms with Crippen molar-refractivity contribution < 1.29 is 13.9 Å². The fourth-order valence-electron chi connectivity index (χ4n) is 4.01. The molecule has 8 nitrogen and oxygen atoms in total. The van der Waals surface area contributed by atoms with Crippen LogP contribution in [0.15, 0.2) is 27.8 Å². The van der Waals surface area contributed by atoms with Crippen molar-refractivity contribution in [1.29, 1.82) is 0 Å². The van der Waals surface area contributed by atoms with Crippen LogP contribution < -0.4 is 16.0 Å². The average Bonchev–Trinajstić information content (AvgIpc) is 3.31. The van der Waals surface area contributed by atoms with E-state index in [4.69, 9.17) is 14.1 Å². The Kier molecular flexibility index (Phi) is 10.2. The van der Waals surface area contributed by atoms with Gasteiger partial charge in [-0.3, -0.25) is 14.7 Å². The molecule has 2 saturated heterocycles. The molecule has 31 heavy (non-hydrogen) atoms. The Balaban J connectivity index is 1.44. The lowest BCUT2D eigenvalue weighted by Gasteiger charge is -2.32. The van der Waals surface area contributed by atoms with Crippen LogP contribution in [0.25, 0.3) is 0 Å². The van der Waals surface area contributed by atoms with Crippen LogP contribution in [-0.2, 0) is 16.0 Å². The number of hydrogen-bond acceptors (Lipinski definition) is 5. The number of piperidine rings is 1. The van der Waals surface area contributed by atoms with Crippen molar-refractivity contribution in [3.63, 3.8) is 0 Å². The Hall–Kier alpha value is -2.06. The molecule has 0 spiro atoms. The number of amides is 1. The maximum atomic E-state index is 12.0. The van der Waals surface area contributed by atoms with E-state index in [-0.39, 0.29) is 12.0 Å². The molecule has 1 aromatic rings. The number of guanidine groups is 1. The van der Waals surface area contributed by atoms with Crippen molar-refractivity contribution in [3.8, 4) is 0 Å². The van der Waals surface area contributed by atoms with Gasteiger partial charge in [-0.15, -0.1) is 0 Å². The predicted octanol–water partition coefficient (Wildman–Crippen LogP) is 1.92. The van der Waals surface area contributed by atoms with E-state index in [0.29, 0.717) is 19.1 Å². The largest absolute Gasteiger partial charge is 0.469 e. The van der Waals surface area contributed by atoms with Crippen LogP contribution in [0.3, 0.4) is 0 Å². The standard InChI is InChI=1S/C23H39N5O3/c1-2-11-24-22(29)18-28-13-9-19(10-14-28)27-23(25-12-8-20-7-5-16-30-20)26-17-21-6-3-4-15-31-21/h5,7,16,19,21H,2-4,6,8-15,17-18H2,1H3,(H,24,29)(H2,25,26,27). The van der Waals surface area contributed by atoms with Crippen LogP contribution in [-0.4, -0.2) is 74.8 Å². The summed E-state index contributed by atoms with van der Waals surface area (Å²) >= 11 is 0. The van der Waals surface area contributed by atoms with Crippen molar-refractivity contribution in [1.82, 2.24) is 20.9 Å². The molecule has 1 aromatic heterocycles. The highest BCUT2D eigenvalue weighted by molar-refractivity contribution is 5.80. The fraction of sp³-hybridized carbons (Fsp3) is 0.739. The molecule has 0 aliphatic carbocycles. The molecule has 0 saturated carbocycles. The molecule has 0 radical (unpaired) electrons. The summed E-state index contributed by atoms with van der Waals surface area (Å²) < 4.78 is 11.3. The van der Waals surface area contributed by atoms with Crippen molar-refractivity contribution in [2.45, 2.75) is 64.0 Å². The highest BCUT2D eigenvalue weighted by Crippen LogP contribution is 2.13. The molecule has 3 heterocycles. The first-order valence-electron chi connectivity index (χ1n) is 11.9. The van der Waals surface area contributed by atoms with E-state index < -0.39 is 0 Å². The van der Waals surface area contributed by atoms with Crippen molar-refractivity contribution in [3.05, 3.63) is 24.2 Å². The summed E-state index contributed by atoms with van der Waals surface area (Å²) in [6.45, 7) is 7.46. The molecule has 1 unspecified atom stereocenters. The molecule has 1 amide bonds. The number of likely N-dealkylation sites (tertiary alicyclic amines) is 1. The minimum atomic E-state index is 0.127. The molecule has 0 aromatic carbocycles. The average molecular weight is 434 g/mol. The van der Waals surface area contributed by atoms with E-state index in [1.54, 1.807) is 6.26 Å². The summed E-state index contributed by atoms with van der Waals surface area (Å²) in [4.78, 5) is 19.0. The number of carbonyl (C=O) groups is 1. The Morgan fingerprint density at radius 1 is 1.19 bits per heavy atom. The number of aliphatic imine (C=N–C) groups is 1. The van der Waals surface area contributed by atoms with Gasteiger partial charge in [0.1, 0.15) is 5.76 Å². The van der Waals surface area contributed by atoms with Crippen LogP contribution in [0, 0.1) is 0 Å². The van der Waals surface area contributed by atoms with Crippen molar-refractivity contribution >= 4 is 11.9 Å². The van der Waals surface area contributed by atoms with Crippen LogP contribution in [0.2, 0.25) is 0 Å². The summed E-state index contributed by atoms with van der Waals surface area (Å²) in [5.74, 6) is 1.94. The van der Waals surface area contributed by atoms with E-state index in [0.717, 1.165) is 83.0 Å². The Bertz CT molecular complexity index is 650. The first-order chi connectivity index (χ1) is 15.2. The minimum Gasteiger partial charge on any atom is -0.469 e. The Morgan fingerprint density at radius 2 is 2.06 bits per heavy atom. The predicted molar refractivity (Wildman–Crippen MR) is 122 cm³/mol. The highest BCUT2D eigenvalue weighted by atomic mass is 16.5. The number of ether oxygens (including phenoxy) is 1. The van der Waals surface area contributed by atoms with Gasteiger partial charge < -0.3 is 25.1 Å². The summed E-state index contributed by atoms with van der Waals surface area (Å²) in [6, 6.07) is 4.27. The zero-order valence-corrected chi connectivity index (χ0v) is 18.9. The molecule has 2 fully saturated rings. The highest BCUT2D eigenvalue weighted by Gasteiger charge is 2.22. The van der Waals surface area contributed by atoms with Crippen LogP contribution >= 0.6 is 0 Å². The number of nitrogens with one attached hydrogen (secondary N) is 3. The van der Waals surface area contributed by atoms with Gasteiger partial charge >= 0.3 is 0 Å². The van der Waals surface area contributed by atoms with Crippen molar-refractivity contribution in [2.75, 3.05) is 45.9 Å². The second kappa shape index (κ2) is 13.4. The molecule has 174 valence electrons. The number of carbonyl (C=O) groups excluding carboxylic acids is 1. The van der Waals surface area contributed by atoms with E-state index in [9.17, 15) is 4.79 Å². The van der Waals surface area contributed by atoms with Gasteiger partial charge in [-0.1, -0.05) is 6.92 Å². The zero-order valence-electron chi connectivity index (χ0n) is 18.9. The lowest BCUT2D eigenvalue weighted by atomic mass is 10.1. The summed E-state index contributed by atoms with van der Waals surface area (Å²) in [7, 11) is 0. The van der Waals surface area contributed by atoms with E-state index >= 15 is 0 Å². The fourth-order valence-corrected chi connectivity index (χ4v) is 4.01. The molecular formula is C23H39N5O3. The van der Waals surface area contributed by atoms with E-state index in [1.807, 2.05) is 12.1 Å². The molecule has 0 bridgehead atoms. The van der Waals surface area contributed by atoms with Gasteiger partial charge in [0, 0.05) is 45.2 Å². The molecule has 2 aliphatic heterocycles. The summed E-state index contributed by atoms with van der Waals surface area (Å²) in [5, 5.41) is 10.0. The van der Waals surface area contributed by atoms with Gasteiger partial charge in [0.25, 0.3) is 0 Å². The number of hydrogen-bond donors (Lipinski definition) is 3. The van der Waals surface area contributed by atoms with Gasteiger partial charge in [-0.25, -0.2) is 0 Å². The van der Waals surface area contributed by atoms with Crippen LogP contribution in [0.4, 0.5) is 0 Å². The number of furan rings is 1. The lowest BCUT2D eigenvalue weighted by molar-refractivity contribution is -0.122. The van der Waals surface area contributed by atoms with Gasteiger partial charge in [0.05, 0.1) is 25.5 Å². The minimum absolute atomic E-state index is 0.127. The normalized spacial score (nSPS) is 21.1. The third-order valence-electron chi connectivity index (χ3n) is 5.84. The van der Waals surface area contributed by atoms with E-state index in [1.165, 1.54) is 6.42 Å². The smallest absolute Gasteiger partial charge is 0.234 e. The monoisotopic (exact) mass is 433 g/mol. The second-order valence-electron chi connectivity index (χ2n) is 8.48. The van der Waals surface area contributed by atoms with Crippen LogP contribution in [0.5, 0.6) is 0 Å². The molecule has 2 aliphatic rings. The molecule has 1 atom stereocenters. The quantitative estimate of drug-likeness (QED) is 0.386. The zero-order chi connectivity index (χ0) is 21.7. The topological polar surface area (TPSA) is 91.1 Å². The maximum Gasteiger partial charge on any atom is 0.234 e. The second-order valence-corrected chi connectivity index (χ2v) is 8.48. The lowest BCUT2D eigenvalue weighted by Crippen LogP contribution is -2.50. The van der Waals surface area contributed by atoms with Gasteiger partial charge in [0.2, 0.25) is 5.91 Å². The Morgan fingerprint density at radius 3 is 2.77 bits per heavy atom. The van der Waals surface area contributed by atoms with Gasteiger partial charge in [0.15, 0.2) is 5.96 Å². The first-order valence-corrected chi connectivity index (χ1v) is 11.9. The van der Waals surface area contributed by atoms with Crippen molar-refractivity contribution in [2.24, 2.45) is 4.99 Å². The molecule has 3 N–H and O–H groups in total. The number of rotatable bonds is 10. The molecule has 3 rings (SSSR count). The Labute approximate surface area is 186 Å². The maximum absolute atomic E-state index is 12.0. The van der Waals surface area contributed by atoms with Gasteiger partial charge in [-0.2, -0.15) is 0 Å². The third kappa shape index (κ3) is 8.91. The third-order valence-corrected chi connectivity index (χ3v) is 5.84. The van der Waals surface area contributed by atoms with Crippen LogP contribution in [0.1, 0.15) is 51.2 Å². The molecular weight excluding hydrogens is 394 g/mol. The van der Waals surface area contributed by atoms with E-state index in [2.05, 4.69) is 27.8 Å².